The lowest BCUT2D eigenvalue weighted by Gasteiger charge is -2.16. The molecule has 0 aliphatic carbocycles. The number of anilines is 1. The molecular formula is C19H20N4O. The molecule has 1 aromatic heterocycles. The zero-order valence-electron chi connectivity index (χ0n) is 13.8. The molecule has 1 heterocycles. The van der Waals surface area contributed by atoms with E-state index in [1.165, 1.54) is 0 Å². The van der Waals surface area contributed by atoms with Crippen molar-refractivity contribution >= 4 is 22.6 Å². The minimum Gasteiger partial charge on any atom is -0.358 e. The van der Waals surface area contributed by atoms with Crippen LogP contribution in [0.3, 0.4) is 0 Å². The number of likely N-dealkylation sites (N-methyl/N-ethyl adjacent to an activating group) is 1. The number of para-hydroxylation sites is 1. The summed E-state index contributed by atoms with van der Waals surface area (Å²) in [6.45, 7) is 4.33. The van der Waals surface area contributed by atoms with E-state index in [-0.39, 0.29) is 11.9 Å². The highest BCUT2D eigenvalue weighted by molar-refractivity contribution is 5.93. The third kappa shape index (κ3) is 3.35. The fourth-order valence-corrected chi connectivity index (χ4v) is 2.50. The molecule has 0 fully saturated rings. The molecule has 0 aliphatic rings. The van der Waals surface area contributed by atoms with Crippen LogP contribution in [0.1, 0.15) is 13.8 Å². The van der Waals surface area contributed by atoms with Gasteiger partial charge in [0.2, 0.25) is 5.91 Å². The van der Waals surface area contributed by atoms with Crippen molar-refractivity contribution in [1.82, 2.24) is 15.3 Å². The number of amides is 1. The molecular weight excluding hydrogens is 300 g/mol. The van der Waals surface area contributed by atoms with Crippen LogP contribution in [-0.4, -0.2) is 28.5 Å². The Labute approximate surface area is 141 Å². The summed E-state index contributed by atoms with van der Waals surface area (Å²) in [6.07, 6.45) is 0. The molecule has 24 heavy (non-hydrogen) atoms. The normalized spacial score (nSPS) is 11.9. The summed E-state index contributed by atoms with van der Waals surface area (Å²) in [5, 5.41) is 6.93. The molecule has 0 bridgehead atoms. The molecule has 1 unspecified atom stereocenters. The Hall–Kier alpha value is -2.95. The lowest BCUT2D eigenvalue weighted by molar-refractivity contribution is -0.121. The SMILES string of the molecule is CCNC(=O)C(C)Nc1nc(-c2ccccc2)nc2ccccc12. The molecule has 1 atom stereocenters. The summed E-state index contributed by atoms with van der Waals surface area (Å²) >= 11 is 0. The minimum absolute atomic E-state index is 0.0542. The standard InChI is InChI=1S/C19H20N4O/c1-3-20-19(24)13(2)21-18-15-11-7-8-12-16(15)22-17(23-18)14-9-5-4-6-10-14/h4-13H,3H2,1-2H3,(H,20,24)(H,21,22,23). The Morgan fingerprint density at radius 1 is 1.04 bits per heavy atom. The van der Waals surface area contributed by atoms with Crippen LogP contribution in [-0.2, 0) is 4.79 Å². The first-order chi connectivity index (χ1) is 11.7. The second-order valence-electron chi connectivity index (χ2n) is 5.54. The molecule has 3 aromatic rings. The van der Waals surface area contributed by atoms with E-state index < -0.39 is 0 Å². The summed E-state index contributed by atoms with van der Waals surface area (Å²) in [5.74, 6) is 1.25. The summed E-state index contributed by atoms with van der Waals surface area (Å²) in [7, 11) is 0. The third-order valence-electron chi connectivity index (χ3n) is 3.73. The van der Waals surface area contributed by atoms with Gasteiger partial charge in [-0.15, -0.1) is 0 Å². The Kier molecular flexibility index (Phi) is 4.70. The lowest BCUT2D eigenvalue weighted by atomic mass is 10.1. The average Bonchev–Trinajstić information content (AvgIpc) is 2.62. The fourth-order valence-electron chi connectivity index (χ4n) is 2.50. The van der Waals surface area contributed by atoms with Crippen molar-refractivity contribution in [1.29, 1.82) is 0 Å². The van der Waals surface area contributed by atoms with E-state index in [1.54, 1.807) is 0 Å². The summed E-state index contributed by atoms with van der Waals surface area (Å²) in [6, 6.07) is 17.2. The Morgan fingerprint density at radius 3 is 2.50 bits per heavy atom. The molecule has 0 saturated carbocycles. The third-order valence-corrected chi connectivity index (χ3v) is 3.73. The van der Waals surface area contributed by atoms with Crippen LogP contribution in [0, 0.1) is 0 Å². The number of carbonyl (C=O) groups excluding carboxylic acids is 1. The highest BCUT2D eigenvalue weighted by Crippen LogP contribution is 2.25. The van der Waals surface area contributed by atoms with Gasteiger partial charge in [0.1, 0.15) is 11.9 Å². The molecule has 5 heteroatoms. The van der Waals surface area contributed by atoms with E-state index in [0.717, 1.165) is 16.5 Å². The Bertz CT molecular complexity index is 848. The van der Waals surface area contributed by atoms with E-state index >= 15 is 0 Å². The van der Waals surface area contributed by atoms with Gasteiger partial charge in [0.25, 0.3) is 0 Å². The number of rotatable bonds is 5. The number of benzene rings is 2. The van der Waals surface area contributed by atoms with E-state index in [0.29, 0.717) is 18.2 Å². The molecule has 122 valence electrons. The van der Waals surface area contributed by atoms with Crippen LogP contribution < -0.4 is 10.6 Å². The van der Waals surface area contributed by atoms with Gasteiger partial charge in [0, 0.05) is 17.5 Å². The Balaban J connectivity index is 2.03. The smallest absolute Gasteiger partial charge is 0.242 e. The van der Waals surface area contributed by atoms with Gasteiger partial charge in [0.05, 0.1) is 5.52 Å². The molecule has 0 saturated heterocycles. The molecule has 3 rings (SSSR count). The van der Waals surface area contributed by atoms with Crippen LogP contribution in [0.4, 0.5) is 5.82 Å². The van der Waals surface area contributed by atoms with E-state index in [4.69, 9.17) is 0 Å². The van der Waals surface area contributed by atoms with Gasteiger partial charge in [-0.1, -0.05) is 42.5 Å². The summed E-state index contributed by atoms with van der Waals surface area (Å²) in [5.41, 5.74) is 1.79. The second-order valence-corrected chi connectivity index (χ2v) is 5.54. The fraction of sp³-hybridized carbons (Fsp3) is 0.211. The highest BCUT2D eigenvalue weighted by Gasteiger charge is 2.15. The zero-order chi connectivity index (χ0) is 16.9. The number of carbonyl (C=O) groups is 1. The van der Waals surface area contributed by atoms with Crippen molar-refractivity contribution in [3.63, 3.8) is 0 Å². The van der Waals surface area contributed by atoms with Gasteiger partial charge in [-0.05, 0) is 26.0 Å². The van der Waals surface area contributed by atoms with Crippen LogP contribution in [0.5, 0.6) is 0 Å². The van der Waals surface area contributed by atoms with Crippen molar-refractivity contribution in [3.8, 4) is 11.4 Å². The van der Waals surface area contributed by atoms with E-state index in [9.17, 15) is 4.79 Å². The molecule has 0 spiro atoms. The van der Waals surface area contributed by atoms with Gasteiger partial charge in [-0.25, -0.2) is 9.97 Å². The predicted octanol–water partition coefficient (Wildman–Crippen LogP) is 3.23. The number of nitrogens with one attached hydrogen (secondary N) is 2. The first kappa shape index (κ1) is 15.9. The first-order valence-electron chi connectivity index (χ1n) is 8.05. The maximum atomic E-state index is 12.0. The molecule has 1 amide bonds. The zero-order valence-corrected chi connectivity index (χ0v) is 13.8. The maximum Gasteiger partial charge on any atom is 0.242 e. The average molecular weight is 320 g/mol. The summed E-state index contributed by atoms with van der Waals surface area (Å²) in [4.78, 5) is 21.3. The van der Waals surface area contributed by atoms with Crippen LogP contribution >= 0.6 is 0 Å². The van der Waals surface area contributed by atoms with Gasteiger partial charge in [-0.3, -0.25) is 4.79 Å². The van der Waals surface area contributed by atoms with Crippen LogP contribution in [0.15, 0.2) is 54.6 Å². The van der Waals surface area contributed by atoms with Gasteiger partial charge >= 0.3 is 0 Å². The topological polar surface area (TPSA) is 66.9 Å². The van der Waals surface area contributed by atoms with Gasteiger partial charge in [0.15, 0.2) is 5.82 Å². The van der Waals surface area contributed by atoms with Crippen molar-refractivity contribution in [2.24, 2.45) is 0 Å². The molecule has 0 aliphatic heterocycles. The largest absolute Gasteiger partial charge is 0.358 e. The van der Waals surface area contributed by atoms with Gasteiger partial charge < -0.3 is 10.6 Å². The predicted molar refractivity (Wildman–Crippen MR) is 96.7 cm³/mol. The maximum absolute atomic E-state index is 12.0. The van der Waals surface area contributed by atoms with E-state index in [2.05, 4.69) is 20.6 Å². The van der Waals surface area contributed by atoms with E-state index in [1.807, 2.05) is 68.4 Å². The number of aromatic nitrogens is 2. The van der Waals surface area contributed by atoms with Crippen molar-refractivity contribution in [2.45, 2.75) is 19.9 Å². The highest BCUT2D eigenvalue weighted by atomic mass is 16.2. The number of hydrogen-bond acceptors (Lipinski definition) is 4. The molecule has 2 N–H and O–H groups in total. The first-order valence-corrected chi connectivity index (χ1v) is 8.05. The van der Waals surface area contributed by atoms with Crippen molar-refractivity contribution in [2.75, 3.05) is 11.9 Å². The molecule has 0 radical (unpaired) electrons. The van der Waals surface area contributed by atoms with Crippen LogP contribution in [0.2, 0.25) is 0 Å². The Morgan fingerprint density at radius 2 is 1.75 bits per heavy atom. The van der Waals surface area contributed by atoms with Crippen LogP contribution in [0.25, 0.3) is 22.3 Å². The lowest BCUT2D eigenvalue weighted by Crippen LogP contribution is -2.37. The monoisotopic (exact) mass is 320 g/mol. The quantitative estimate of drug-likeness (QED) is 0.757. The van der Waals surface area contributed by atoms with Crippen molar-refractivity contribution in [3.05, 3.63) is 54.6 Å². The minimum atomic E-state index is -0.383. The number of fused-ring (bicyclic) bond motifs is 1. The summed E-state index contributed by atoms with van der Waals surface area (Å²) < 4.78 is 0. The molecule has 5 nitrogen and oxygen atoms in total. The van der Waals surface area contributed by atoms with Gasteiger partial charge in [-0.2, -0.15) is 0 Å². The second kappa shape index (κ2) is 7.08. The molecule has 2 aromatic carbocycles. The number of hydrogen-bond donors (Lipinski definition) is 2. The number of nitrogens with zero attached hydrogens (tertiary/aromatic N) is 2. The van der Waals surface area contributed by atoms with Crippen molar-refractivity contribution < 1.29 is 4.79 Å².